The molecule has 0 spiro atoms. The summed E-state index contributed by atoms with van der Waals surface area (Å²) >= 11 is 0.864. The van der Waals surface area contributed by atoms with Crippen molar-refractivity contribution in [2.24, 2.45) is 5.92 Å². The molecule has 132 valence electrons. The normalized spacial score (nSPS) is 16.1. The molecular formula is C19H15NO5S. The third-order valence-corrected chi connectivity index (χ3v) is 5.10. The maximum Gasteiger partial charge on any atom is 0.322 e. The van der Waals surface area contributed by atoms with Crippen molar-refractivity contribution < 1.29 is 24.3 Å². The zero-order valence-electron chi connectivity index (χ0n) is 13.6. The van der Waals surface area contributed by atoms with Gasteiger partial charge in [-0.3, -0.25) is 19.2 Å². The third-order valence-electron chi connectivity index (χ3n) is 3.98. The summed E-state index contributed by atoms with van der Waals surface area (Å²) in [7, 11) is 0. The van der Waals surface area contributed by atoms with Crippen LogP contribution in [0.4, 0.5) is 0 Å². The maximum atomic E-state index is 12.7. The lowest BCUT2D eigenvalue weighted by Gasteiger charge is -2.22. The standard InChI is InChI=1S/C19H15NO5S/c21-14(22)10-20-18(24)15-16(23)13-8-4-7-12(17(13)26-19(15)25)9-11-5-2-1-3-6-11/h1-8,15H,9-10H2,(H,20,24)(H,21,22). The lowest BCUT2D eigenvalue weighted by Crippen LogP contribution is -2.43. The van der Waals surface area contributed by atoms with E-state index in [1.807, 2.05) is 36.4 Å². The Labute approximate surface area is 153 Å². The zero-order chi connectivity index (χ0) is 18.7. The predicted octanol–water partition coefficient (Wildman–Crippen LogP) is 1.91. The molecule has 1 aliphatic rings. The Morgan fingerprint density at radius 1 is 1.04 bits per heavy atom. The molecule has 0 radical (unpaired) electrons. The first-order chi connectivity index (χ1) is 12.5. The van der Waals surface area contributed by atoms with Gasteiger partial charge < -0.3 is 10.4 Å². The Balaban J connectivity index is 1.89. The van der Waals surface area contributed by atoms with Crippen LogP contribution in [0.3, 0.4) is 0 Å². The Bertz CT molecular complexity index is 894. The summed E-state index contributed by atoms with van der Waals surface area (Å²) < 4.78 is 0. The molecule has 26 heavy (non-hydrogen) atoms. The van der Waals surface area contributed by atoms with Crippen LogP contribution in [0.25, 0.3) is 0 Å². The average molecular weight is 369 g/mol. The number of rotatable bonds is 5. The minimum absolute atomic E-state index is 0.318. The Morgan fingerprint density at radius 3 is 2.46 bits per heavy atom. The monoisotopic (exact) mass is 369 g/mol. The van der Waals surface area contributed by atoms with Crippen LogP contribution < -0.4 is 5.32 Å². The highest BCUT2D eigenvalue weighted by Gasteiger charge is 2.41. The van der Waals surface area contributed by atoms with Crippen molar-refractivity contribution >= 4 is 34.5 Å². The van der Waals surface area contributed by atoms with E-state index in [-0.39, 0.29) is 0 Å². The Kier molecular flexibility index (Phi) is 5.18. The maximum absolute atomic E-state index is 12.7. The van der Waals surface area contributed by atoms with Crippen molar-refractivity contribution in [3.63, 3.8) is 0 Å². The second-order valence-corrected chi connectivity index (χ2v) is 6.80. The molecular weight excluding hydrogens is 354 g/mol. The SMILES string of the molecule is O=C(O)CNC(=O)C1C(=O)Sc2c(Cc3ccccc3)cccc2C1=O. The van der Waals surface area contributed by atoms with Crippen molar-refractivity contribution in [3.8, 4) is 0 Å². The van der Waals surface area contributed by atoms with Crippen LogP contribution in [0, 0.1) is 5.92 Å². The molecule has 1 aliphatic heterocycles. The van der Waals surface area contributed by atoms with Gasteiger partial charge >= 0.3 is 5.97 Å². The number of Topliss-reactive ketones (excluding diaryl/α,β-unsaturated/α-hetero) is 1. The lowest BCUT2D eigenvalue weighted by atomic mass is 9.94. The average Bonchev–Trinajstić information content (AvgIpc) is 2.61. The number of carboxylic acid groups (broad SMARTS) is 1. The summed E-state index contributed by atoms with van der Waals surface area (Å²) in [6, 6.07) is 14.8. The number of thioether (sulfide) groups is 1. The smallest absolute Gasteiger partial charge is 0.322 e. The largest absolute Gasteiger partial charge is 0.480 e. The summed E-state index contributed by atoms with van der Waals surface area (Å²) in [6.45, 7) is -0.637. The topological polar surface area (TPSA) is 101 Å². The Morgan fingerprint density at radius 2 is 1.77 bits per heavy atom. The van der Waals surface area contributed by atoms with Crippen molar-refractivity contribution in [3.05, 3.63) is 65.2 Å². The van der Waals surface area contributed by atoms with Gasteiger partial charge in [0, 0.05) is 10.5 Å². The number of amides is 1. The molecule has 0 aliphatic carbocycles. The van der Waals surface area contributed by atoms with Gasteiger partial charge in [0.2, 0.25) is 11.0 Å². The molecule has 1 heterocycles. The van der Waals surface area contributed by atoms with Gasteiger partial charge in [-0.15, -0.1) is 0 Å². The van der Waals surface area contributed by atoms with Crippen LogP contribution in [-0.4, -0.2) is 34.4 Å². The van der Waals surface area contributed by atoms with E-state index in [0.29, 0.717) is 16.9 Å². The molecule has 1 unspecified atom stereocenters. The fraction of sp³-hybridized carbons (Fsp3) is 0.158. The van der Waals surface area contributed by atoms with Crippen LogP contribution in [0.5, 0.6) is 0 Å². The number of carbonyl (C=O) groups is 4. The second-order valence-electron chi connectivity index (χ2n) is 5.79. The quantitative estimate of drug-likeness (QED) is 0.781. The summed E-state index contributed by atoms with van der Waals surface area (Å²) in [4.78, 5) is 48.3. The number of fused-ring (bicyclic) bond motifs is 1. The molecule has 1 amide bonds. The number of benzene rings is 2. The molecule has 0 saturated heterocycles. The highest BCUT2D eigenvalue weighted by atomic mass is 32.2. The van der Waals surface area contributed by atoms with Crippen LogP contribution >= 0.6 is 11.8 Å². The molecule has 7 heteroatoms. The van der Waals surface area contributed by atoms with Gasteiger partial charge in [0.1, 0.15) is 6.54 Å². The summed E-state index contributed by atoms with van der Waals surface area (Å²) in [6.07, 6.45) is 0.563. The number of ketones is 1. The minimum Gasteiger partial charge on any atom is -0.480 e. The molecule has 0 fully saturated rings. The molecule has 1 atom stereocenters. The molecule has 0 aromatic heterocycles. The molecule has 6 nitrogen and oxygen atoms in total. The van der Waals surface area contributed by atoms with Crippen molar-refractivity contribution in [1.29, 1.82) is 0 Å². The molecule has 2 N–H and O–H groups in total. The van der Waals surface area contributed by atoms with E-state index >= 15 is 0 Å². The van der Waals surface area contributed by atoms with Crippen molar-refractivity contribution in [2.75, 3.05) is 6.54 Å². The first-order valence-corrected chi connectivity index (χ1v) is 8.70. The van der Waals surface area contributed by atoms with Crippen LogP contribution in [0.15, 0.2) is 53.4 Å². The molecule has 2 aromatic carbocycles. The van der Waals surface area contributed by atoms with Crippen LogP contribution in [-0.2, 0) is 20.8 Å². The number of aliphatic carboxylic acids is 1. The zero-order valence-corrected chi connectivity index (χ0v) is 14.4. The van der Waals surface area contributed by atoms with E-state index in [2.05, 4.69) is 5.32 Å². The van der Waals surface area contributed by atoms with Crippen molar-refractivity contribution in [2.45, 2.75) is 11.3 Å². The summed E-state index contributed by atoms with van der Waals surface area (Å²) in [5.74, 6) is -4.23. The van der Waals surface area contributed by atoms with Crippen molar-refractivity contribution in [1.82, 2.24) is 5.32 Å². The first-order valence-electron chi connectivity index (χ1n) is 7.88. The third kappa shape index (κ3) is 3.67. The van der Waals surface area contributed by atoms with Gasteiger partial charge in [-0.05, 0) is 29.3 Å². The first kappa shape index (κ1) is 17.9. The van der Waals surface area contributed by atoms with Gasteiger partial charge in [-0.2, -0.15) is 0 Å². The van der Waals surface area contributed by atoms with Gasteiger partial charge in [0.05, 0.1) is 0 Å². The number of hydrogen-bond donors (Lipinski definition) is 2. The van der Waals surface area contributed by atoms with E-state index in [1.54, 1.807) is 12.1 Å². The minimum atomic E-state index is -1.51. The number of carbonyl (C=O) groups excluding carboxylic acids is 3. The Hall–Kier alpha value is -2.93. The van der Waals surface area contributed by atoms with E-state index in [4.69, 9.17) is 5.11 Å². The van der Waals surface area contributed by atoms with Gasteiger partial charge in [0.15, 0.2) is 11.7 Å². The highest BCUT2D eigenvalue weighted by Crippen LogP contribution is 2.37. The molecule has 2 aromatic rings. The van der Waals surface area contributed by atoms with Crippen LogP contribution in [0.2, 0.25) is 0 Å². The van der Waals surface area contributed by atoms with Crippen LogP contribution in [0.1, 0.15) is 21.5 Å². The molecule has 0 bridgehead atoms. The van der Waals surface area contributed by atoms with E-state index in [9.17, 15) is 19.2 Å². The van der Waals surface area contributed by atoms with Gasteiger partial charge in [-0.1, -0.05) is 48.5 Å². The molecule has 3 rings (SSSR count). The number of nitrogens with one attached hydrogen (secondary N) is 1. The lowest BCUT2D eigenvalue weighted by molar-refractivity contribution is -0.139. The predicted molar refractivity (Wildman–Crippen MR) is 95.0 cm³/mol. The van der Waals surface area contributed by atoms with Gasteiger partial charge in [-0.25, -0.2) is 0 Å². The summed E-state index contributed by atoms with van der Waals surface area (Å²) in [5.41, 5.74) is 2.20. The fourth-order valence-corrected chi connectivity index (χ4v) is 3.85. The summed E-state index contributed by atoms with van der Waals surface area (Å²) in [5, 5.41) is 10.1. The van der Waals surface area contributed by atoms with E-state index in [1.165, 1.54) is 0 Å². The fourth-order valence-electron chi connectivity index (χ4n) is 2.77. The highest BCUT2D eigenvalue weighted by molar-refractivity contribution is 8.14. The molecule has 0 saturated carbocycles. The number of carboxylic acids is 1. The van der Waals surface area contributed by atoms with Gasteiger partial charge in [0.25, 0.3) is 0 Å². The van der Waals surface area contributed by atoms with E-state index in [0.717, 1.165) is 22.9 Å². The van der Waals surface area contributed by atoms with E-state index < -0.39 is 35.2 Å². The number of hydrogen-bond acceptors (Lipinski definition) is 5. The second kappa shape index (κ2) is 7.53.